The summed E-state index contributed by atoms with van der Waals surface area (Å²) in [5.41, 5.74) is 4.33. The van der Waals surface area contributed by atoms with E-state index in [2.05, 4.69) is 9.97 Å². The van der Waals surface area contributed by atoms with Crippen LogP contribution in [0.15, 0.2) is 15.7 Å². The summed E-state index contributed by atoms with van der Waals surface area (Å²) in [6.45, 7) is 0. The van der Waals surface area contributed by atoms with Gasteiger partial charge < -0.3 is 5.73 Å². The van der Waals surface area contributed by atoms with Crippen LogP contribution in [0, 0.1) is 11.3 Å². The third-order valence-corrected chi connectivity index (χ3v) is 1.88. The van der Waals surface area contributed by atoms with Gasteiger partial charge in [-0.1, -0.05) is 0 Å². The van der Waals surface area contributed by atoms with E-state index < -0.39 is 11.2 Å². The maximum atomic E-state index is 11.3. The molecule has 0 aromatic carbocycles. The summed E-state index contributed by atoms with van der Waals surface area (Å²) >= 11 is 0. The molecule has 0 saturated carbocycles. The minimum Gasteiger partial charge on any atom is -0.383 e. The van der Waals surface area contributed by atoms with Gasteiger partial charge in [0.15, 0.2) is 0 Å². The molecule has 2 rings (SSSR count). The highest BCUT2D eigenvalue weighted by atomic mass is 16.2. The number of hydrogen-bond acceptors (Lipinski definition) is 5. The molecule has 2 aromatic rings. The first kappa shape index (κ1) is 8.96. The third kappa shape index (κ3) is 1.34. The second-order valence-corrected chi connectivity index (χ2v) is 2.84. The maximum Gasteiger partial charge on any atom is 0.327 e. The Hall–Kier alpha value is -2.62. The van der Waals surface area contributed by atoms with Gasteiger partial charge in [0.2, 0.25) is 0 Å². The molecule has 0 spiro atoms. The van der Waals surface area contributed by atoms with E-state index in [0.29, 0.717) is 0 Å². The monoisotopic (exact) mass is 203 g/mol. The van der Waals surface area contributed by atoms with Gasteiger partial charge in [0.1, 0.15) is 17.5 Å². The molecule has 4 N–H and O–H groups in total. The molecule has 0 amide bonds. The molecule has 0 aliphatic rings. The summed E-state index contributed by atoms with van der Waals surface area (Å²) in [6, 6.07) is 3.08. The van der Waals surface area contributed by atoms with Gasteiger partial charge in [-0.3, -0.25) is 14.8 Å². The van der Waals surface area contributed by atoms with Gasteiger partial charge >= 0.3 is 5.69 Å². The summed E-state index contributed by atoms with van der Waals surface area (Å²) in [5, 5.41) is 8.79. The standard InChI is InChI=1S/C8H5N5O2/c9-2-3-1-4-6(11-5(3)10)12-8(15)13-7(4)14/h1H,(H4,10,11,12,13,14,15). The molecule has 0 unspecified atom stereocenters. The molecular weight excluding hydrogens is 198 g/mol. The van der Waals surface area contributed by atoms with Crippen molar-refractivity contribution in [1.29, 1.82) is 5.26 Å². The van der Waals surface area contributed by atoms with Crippen molar-refractivity contribution < 1.29 is 0 Å². The fraction of sp³-hybridized carbons (Fsp3) is 0. The van der Waals surface area contributed by atoms with Crippen LogP contribution >= 0.6 is 0 Å². The Bertz CT molecular complexity index is 691. The number of nitriles is 1. The number of aromatic nitrogens is 3. The van der Waals surface area contributed by atoms with Crippen LogP contribution in [0.4, 0.5) is 5.82 Å². The van der Waals surface area contributed by atoms with E-state index in [1.54, 1.807) is 6.07 Å². The number of rotatable bonds is 0. The van der Waals surface area contributed by atoms with Gasteiger partial charge in [0.05, 0.1) is 10.9 Å². The Morgan fingerprint density at radius 3 is 2.80 bits per heavy atom. The predicted molar refractivity (Wildman–Crippen MR) is 52.1 cm³/mol. The zero-order valence-electron chi connectivity index (χ0n) is 7.37. The zero-order chi connectivity index (χ0) is 11.0. The quantitative estimate of drug-likeness (QED) is 0.509. The van der Waals surface area contributed by atoms with E-state index in [-0.39, 0.29) is 22.4 Å². The number of nitrogens with one attached hydrogen (secondary N) is 2. The van der Waals surface area contributed by atoms with Crippen LogP contribution in [0.25, 0.3) is 11.0 Å². The molecule has 2 aromatic heterocycles. The molecule has 0 fully saturated rings. The largest absolute Gasteiger partial charge is 0.383 e. The Morgan fingerprint density at radius 2 is 2.13 bits per heavy atom. The van der Waals surface area contributed by atoms with Crippen molar-refractivity contribution in [1.82, 2.24) is 15.0 Å². The Balaban J connectivity index is 3.02. The lowest BCUT2D eigenvalue weighted by Crippen LogP contribution is -2.22. The van der Waals surface area contributed by atoms with E-state index >= 15 is 0 Å². The number of pyridine rings is 1. The van der Waals surface area contributed by atoms with Crippen molar-refractivity contribution in [3.8, 4) is 6.07 Å². The number of nitrogens with zero attached hydrogens (tertiary/aromatic N) is 2. The van der Waals surface area contributed by atoms with Crippen LogP contribution in [-0.4, -0.2) is 15.0 Å². The number of aromatic amines is 2. The van der Waals surface area contributed by atoms with Gasteiger partial charge in [-0.15, -0.1) is 0 Å². The molecule has 7 heteroatoms. The number of hydrogen-bond donors (Lipinski definition) is 3. The first-order valence-electron chi connectivity index (χ1n) is 3.95. The molecule has 0 atom stereocenters. The summed E-state index contributed by atoms with van der Waals surface area (Å²) in [4.78, 5) is 30.3. The van der Waals surface area contributed by atoms with E-state index in [0.717, 1.165) is 0 Å². The Labute approximate surface area is 82.2 Å². The van der Waals surface area contributed by atoms with Crippen molar-refractivity contribution >= 4 is 16.9 Å². The van der Waals surface area contributed by atoms with Crippen LogP contribution < -0.4 is 17.0 Å². The fourth-order valence-corrected chi connectivity index (χ4v) is 1.19. The second kappa shape index (κ2) is 2.95. The smallest absolute Gasteiger partial charge is 0.327 e. The average molecular weight is 203 g/mol. The molecule has 0 bridgehead atoms. The van der Waals surface area contributed by atoms with Crippen molar-refractivity contribution in [2.75, 3.05) is 5.73 Å². The normalized spacial score (nSPS) is 10.1. The molecule has 0 aliphatic carbocycles. The molecule has 74 valence electrons. The lowest BCUT2D eigenvalue weighted by Gasteiger charge is -1.98. The third-order valence-electron chi connectivity index (χ3n) is 1.88. The molecule has 2 heterocycles. The topological polar surface area (TPSA) is 128 Å². The zero-order valence-corrected chi connectivity index (χ0v) is 7.37. The van der Waals surface area contributed by atoms with E-state index in [9.17, 15) is 9.59 Å². The summed E-state index contributed by atoms with van der Waals surface area (Å²) in [7, 11) is 0. The van der Waals surface area contributed by atoms with Crippen LogP contribution in [0.1, 0.15) is 5.56 Å². The molecular formula is C8H5N5O2. The van der Waals surface area contributed by atoms with Crippen molar-refractivity contribution in [3.63, 3.8) is 0 Å². The highest BCUT2D eigenvalue weighted by molar-refractivity contribution is 5.77. The minimum atomic E-state index is -0.663. The fourth-order valence-electron chi connectivity index (χ4n) is 1.19. The first-order chi connectivity index (χ1) is 7.11. The maximum absolute atomic E-state index is 11.3. The predicted octanol–water partition coefficient (Wildman–Crippen LogP) is -0.935. The number of fused-ring (bicyclic) bond motifs is 1. The summed E-state index contributed by atoms with van der Waals surface area (Å²) < 4.78 is 0. The molecule has 0 radical (unpaired) electrons. The SMILES string of the molecule is N#Cc1cc2c(=O)[nH]c(=O)[nH]c2nc1N. The van der Waals surface area contributed by atoms with Crippen LogP contribution in [-0.2, 0) is 0 Å². The van der Waals surface area contributed by atoms with Gasteiger partial charge in [-0.05, 0) is 6.07 Å². The van der Waals surface area contributed by atoms with Gasteiger partial charge in [-0.25, -0.2) is 9.78 Å². The van der Waals surface area contributed by atoms with Crippen LogP contribution in [0.3, 0.4) is 0 Å². The minimum absolute atomic E-state index is 0.0220. The summed E-state index contributed by atoms with van der Waals surface area (Å²) in [6.07, 6.45) is 0. The van der Waals surface area contributed by atoms with Gasteiger partial charge in [-0.2, -0.15) is 5.26 Å². The van der Waals surface area contributed by atoms with Crippen molar-refractivity contribution in [2.45, 2.75) is 0 Å². The number of H-pyrrole nitrogens is 2. The van der Waals surface area contributed by atoms with Crippen LogP contribution in [0.2, 0.25) is 0 Å². The second-order valence-electron chi connectivity index (χ2n) is 2.84. The Kier molecular flexibility index (Phi) is 1.76. The van der Waals surface area contributed by atoms with E-state index in [1.807, 2.05) is 4.98 Å². The van der Waals surface area contributed by atoms with Gasteiger partial charge in [0, 0.05) is 0 Å². The highest BCUT2D eigenvalue weighted by Crippen LogP contribution is 2.11. The summed E-state index contributed by atoms with van der Waals surface area (Å²) in [5.74, 6) is -0.0220. The molecule has 15 heavy (non-hydrogen) atoms. The van der Waals surface area contributed by atoms with Crippen molar-refractivity contribution in [3.05, 3.63) is 32.5 Å². The lowest BCUT2D eigenvalue weighted by atomic mass is 10.2. The molecule has 0 aliphatic heterocycles. The lowest BCUT2D eigenvalue weighted by molar-refractivity contribution is 1.06. The van der Waals surface area contributed by atoms with Crippen LogP contribution in [0.5, 0.6) is 0 Å². The Morgan fingerprint density at radius 1 is 1.40 bits per heavy atom. The highest BCUT2D eigenvalue weighted by Gasteiger charge is 2.06. The molecule has 7 nitrogen and oxygen atoms in total. The first-order valence-corrected chi connectivity index (χ1v) is 3.95. The van der Waals surface area contributed by atoms with Gasteiger partial charge in [0.25, 0.3) is 5.56 Å². The number of anilines is 1. The molecule has 0 saturated heterocycles. The van der Waals surface area contributed by atoms with E-state index in [1.165, 1.54) is 6.07 Å². The average Bonchev–Trinajstić information content (AvgIpc) is 2.16. The van der Waals surface area contributed by atoms with Crippen molar-refractivity contribution in [2.24, 2.45) is 0 Å². The number of nitrogens with two attached hydrogens (primary N) is 1. The van der Waals surface area contributed by atoms with E-state index in [4.69, 9.17) is 11.0 Å². The number of nitrogen functional groups attached to an aromatic ring is 1.